The molecule has 3 aromatic rings. The quantitative estimate of drug-likeness (QED) is 0.576. The number of ether oxygens (including phenoxy) is 1. The molecule has 0 aliphatic heterocycles. The Kier molecular flexibility index (Phi) is 6.46. The molecule has 0 aliphatic carbocycles. The van der Waals surface area contributed by atoms with Crippen LogP contribution in [0.25, 0.3) is 0 Å². The average Bonchev–Trinajstić information content (AvgIpc) is 3.19. The van der Waals surface area contributed by atoms with Crippen molar-refractivity contribution in [3.63, 3.8) is 0 Å². The van der Waals surface area contributed by atoms with E-state index < -0.39 is 17.2 Å². The van der Waals surface area contributed by atoms with Gasteiger partial charge in [-0.25, -0.2) is 4.39 Å². The number of rotatable bonds is 7. The molecule has 2 aromatic carbocycles. The molecule has 0 aliphatic rings. The summed E-state index contributed by atoms with van der Waals surface area (Å²) >= 11 is 1.09. The predicted octanol–water partition coefficient (Wildman–Crippen LogP) is 4.34. The third kappa shape index (κ3) is 5.33. The van der Waals surface area contributed by atoms with E-state index >= 15 is 0 Å². The number of nitrogens with zero attached hydrogens (tertiary/aromatic N) is 3. The zero-order valence-corrected chi connectivity index (χ0v) is 16.4. The first-order valence-electron chi connectivity index (χ1n) is 8.68. The fourth-order valence-corrected chi connectivity index (χ4v) is 2.98. The first kappa shape index (κ1) is 20.4. The van der Waals surface area contributed by atoms with Crippen LogP contribution in [0.2, 0.25) is 0 Å². The van der Waals surface area contributed by atoms with Gasteiger partial charge in [0, 0.05) is 5.69 Å². The number of nitrogens with one attached hydrogen (secondary N) is 1. The van der Waals surface area contributed by atoms with Crippen LogP contribution in [0.5, 0.6) is 5.75 Å². The standard InChI is InChI=1S/C20H17FN4O3S/c1-12(27-17-6-4-3-5-16(17)21)19-24-25-20(28-19)29-13(2)18(26)23-15-9-7-14(11-22)8-10-15/h3-10,12-13H,1-2H3,(H,23,26)/t12-,13-/m0/s1. The first-order valence-corrected chi connectivity index (χ1v) is 9.56. The normalized spacial score (nSPS) is 12.6. The van der Waals surface area contributed by atoms with Crippen molar-refractivity contribution in [1.82, 2.24) is 10.2 Å². The molecule has 7 nitrogen and oxygen atoms in total. The predicted molar refractivity (Wildman–Crippen MR) is 105 cm³/mol. The molecule has 0 unspecified atom stereocenters. The summed E-state index contributed by atoms with van der Waals surface area (Å²) in [5.74, 6) is -0.477. The summed E-state index contributed by atoms with van der Waals surface area (Å²) in [6, 6.07) is 14.6. The second-order valence-corrected chi connectivity index (χ2v) is 7.33. The van der Waals surface area contributed by atoms with Gasteiger partial charge in [-0.1, -0.05) is 23.9 Å². The largest absolute Gasteiger partial charge is 0.478 e. The van der Waals surface area contributed by atoms with Gasteiger partial charge in [0.25, 0.3) is 11.1 Å². The highest BCUT2D eigenvalue weighted by molar-refractivity contribution is 8.00. The Morgan fingerprint density at radius 1 is 1.21 bits per heavy atom. The molecular weight excluding hydrogens is 395 g/mol. The van der Waals surface area contributed by atoms with Crippen molar-refractivity contribution in [2.45, 2.75) is 30.4 Å². The third-order valence-electron chi connectivity index (χ3n) is 3.84. The van der Waals surface area contributed by atoms with E-state index in [0.29, 0.717) is 11.3 Å². The third-order valence-corrected chi connectivity index (χ3v) is 4.77. The summed E-state index contributed by atoms with van der Waals surface area (Å²) in [5.41, 5.74) is 1.09. The molecule has 1 heterocycles. The first-order chi connectivity index (χ1) is 14.0. The van der Waals surface area contributed by atoms with Crippen molar-refractivity contribution in [3.8, 4) is 11.8 Å². The molecule has 1 N–H and O–H groups in total. The van der Waals surface area contributed by atoms with Crippen molar-refractivity contribution in [2.24, 2.45) is 0 Å². The fraction of sp³-hybridized carbons (Fsp3) is 0.200. The Labute approximate surface area is 170 Å². The van der Waals surface area contributed by atoms with E-state index in [4.69, 9.17) is 14.4 Å². The highest BCUT2D eigenvalue weighted by Crippen LogP contribution is 2.27. The number of carbonyl (C=O) groups is 1. The molecule has 0 spiro atoms. The van der Waals surface area contributed by atoms with Crippen molar-refractivity contribution < 1.29 is 18.3 Å². The SMILES string of the molecule is C[C@H](Sc1nnc([C@H](C)Oc2ccccc2F)o1)C(=O)Nc1ccc(C#N)cc1. The van der Waals surface area contributed by atoms with Crippen LogP contribution in [0.1, 0.15) is 31.4 Å². The molecule has 148 valence electrons. The molecule has 2 atom stereocenters. The Hall–Kier alpha value is -3.38. The van der Waals surface area contributed by atoms with Crippen molar-refractivity contribution >= 4 is 23.4 Å². The van der Waals surface area contributed by atoms with Gasteiger partial charge in [-0.3, -0.25) is 4.79 Å². The molecule has 1 aromatic heterocycles. The summed E-state index contributed by atoms with van der Waals surface area (Å²) in [6.45, 7) is 3.36. The van der Waals surface area contributed by atoms with E-state index in [2.05, 4.69) is 15.5 Å². The minimum Gasteiger partial charge on any atom is -0.478 e. The van der Waals surface area contributed by atoms with E-state index in [9.17, 15) is 9.18 Å². The maximum Gasteiger partial charge on any atom is 0.277 e. The van der Waals surface area contributed by atoms with Gasteiger partial charge < -0.3 is 14.5 Å². The Morgan fingerprint density at radius 2 is 1.93 bits per heavy atom. The van der Waals surface area contributed by atoms with E-state index in [1.165, 1.54) is 12.1 Å². The van der Waals surface area contributed by atoms with E-state index in [1.54, 1.807) is 50.2 Å². The monoisotopic (exact) mass is 412 g/mol. The number of carbonyl (C=O) groups excluding carboxylic acids is 1. The van der Waals surface area contributed by atoms with Crippen LogP contribution in [0, 0.1) is 17.1 Å². The number of para-hydroxylation sites is 1. The van der Waals surface area contributed by atoms with Crippen LogP contribution < -0.4 is 10.1 Å². The topological polar surface area (TPSA) is 101 Å². The van der Waals surface area contributed by atoms with Crippen LogP contribution in [-0.2, 0) is 4.79 Å². The second kappa shape index (κ2) is 9.21. The molecule has 0 saturated carbocycles. The van der Waals surface area contributed by atoms with Gasteiger partial charge in [0.1, 0.15) is 0 Å². The number of nitriles is 1. The van der Waals surface area contributed by atoms with Crippen molar-refractivity contribution in [3.05, 3.63) is 65.8 Å². The summed E-state index contributed by atoms with van der Waals surface area (Å²) in [5, 5.41) is 19.1. The van der Waals surface area contributed by atoms with E-state index in [1.807, 2.05) is 6.07 Å². The molecular formula is C20H17FN4O3S. The minimum absolute atomic E-state index is 0.0857. The van der Waals surface area contributed by atoms with Crippen LogP contribution in [0.4, 0.5) is 10.1 Å². The lowest BCUT2D eigenvalue weighted by molar-refractivity contribution is -0.115. The summed E-state index contributed by atoms with van der Waals surface area (Å²) in [7, 11) is 0. The molecule has 0 bridgehead atoms. The minimum atomic E-state index is -0.656. The summed E-state index contributed by atoms with van der Waals surface area (Å²) in [4.78, 5) is 12.3. The lowest BCUT2D eigenvalue weighted by Gasteiger charge is -2.11. The highest BCUT2D eigenvalue weighted by atomic mass is 32.2. The number of aromatic nitrogens is 2. The molecule has 3 rings (SSSR count). The number of hydrogen-bond acceptors (Lipinski definition) is 7. The average molecular weight is 412 g/mol. The van der Waals surface area contributed by atoms with Gasteiger partial charge in [0.15, 0.2) is 17.7 Å². The Balaban J connectivity index is 1.57. The maximum atomic E-state index is 13.7. The molecule has 1 amide bonds. The summed E-state index contributed by atoms with van der Waals surface area (Å²) < 4.78 is 24.7. The van der Waals surface area contributed by atoms with Crippen LogP contribution in [0.15, 0.2) is 58.2 Å². The Bertz CT molecular complexity index is 1030. The fourth-order valence-electron chi connectivity index (χ4n) is 2.29. The number of hydrogen-bond donors (Lipinski definition) is 1. The number of halogens is 1. The number of anilines is 1. The lowest BCUT2D eigenvalue weighted by Crippen LogP contribution is -2.22. The van der Waals surface area contributed by atoms with Gasteiger partial charge in [0.2, 0.25) is 5.91 Å². The maximum absolute atomic E-state index is 13.7. The zero-order valence-electron chi connectivity index (χ0n) is 15.6. The number of thioether (sulfide) groups is 1. The number of benzene rings is 2. The van der Waals surface area contributed by atoms with Gasteiger partial charge in [-0.05, 0) is 50.2 Å². The van der Waals surface area contributed by atoms with Gasteiger partial charge in [-0.2, -0.15) is 5.26 Å². The Morgan fingerprint density at radius 3 is 2.62 bits per heavy atom. The van der Waals surface area contributed by atoms with E-state index in [-0.39, 0.29) is 22.8 Å². The van der Waals surface area contributed by atoms with Gasteiger partial charge in [0.05, 0.1) is 16.9 Å². The lowest BCUT2D eigenvalue weighted by atomic mass is 10.2. The zero-order chi connectivity index (χ0) is 20.8. The molecule has 29 heavy (non-hydrogen) atoms. The van der Waals surface area contributed by atoms with Crippen molar-refractivity contribution in [2.75, 3.05) is 5.32 Å². The van der Waals surface area contributed by atoms with Crippen molar-refractivity contribution in [1.29, 1.82) is 5.26 Å². The summed E-state index contributed by atoms with van der Waals surface area (Å²) in [6.07, 6.45) is -0.656. The molecule has 9 heteroatoms. The molecule has 0 fully saturated rings. The smallest absolute Gasteiger partial charge is 0.277 e. The second-order valence-electron chi connectivity index (χ2n) is 6.04. The number of amides is 1. The van der Waals surface area contributed by atoms with Crippen LogP contribution >= 0.6 is 11.8 Å². The molecule has 0 radical (unpaired) electrons. The highest BCUT2D eigenvalue weighted by Gasteiger charge is 2.21. The van der Waals surface area contributed by atoms with Crippen LogP contribution in [0.3, 0.4) is 0 Å². The van der Waals surface area contributed by atoms with E-state index in [0.717, 1.165) is 11.8 Å². The molecule has 0 saturated heterocycles. The van der Waals surface area contributed by atoms with Gasteiger partial charge >= 0.3 is 0 Å². The van der Waals surface area contributed by atoms with Gasteiger partial charge in [-0.15, -0.1) is 10.2 Å². The van der Waals surface area contributed by atoms with Crippen LogP contribution in [-0.4, -0.2) is 21.4 Å².